The number of carbonyl (C=O) groups is 1. The van der Waals surface area contributed by atoms with Crippen LogP contribution in [-0.2, 0) is 14.3 Å². The van der Waals surface area contributed by atoms with Gasteiger partial charge in [-0.1, -0.05) is 6.08 Å². The minimum Gasteiger partial charge on any atom is -0.348 e. The Bertz CT molecular complexity index is 218. The molecule has 0 aromatic rings. The number of rotatable bonds is 3. The minimum absolute atomic E-state index is 0.0845. The summed E-state index contributed by atoms with van der Waals surface area (Å²) < 4.78 is 10.8. The van der Waals surface area contributed by atoms with Gasteiger partial charge in [0.2, 0.25) is 0 Å². The Morgan fingerprint density at radius 3 is 2.77 bits per heavy atom. The van der Waals surface area contributed by atoms with Crippen LogP contribution in [0.4, 0.5) is 0 Å². The summed E-state index contributed by atoms with van der Waals surface area (Å²) in [7, 11) is 0. The Kier molecular flexibility index (Phi) is 3.22. The fourth-order valence-corrected chi connectivity index (χ4v) is 1.34. The van der Waals surface area contributed by atoms with Crippen LogP contribution in [0, 0.1) is 0 Å². The third kappa shape index (κ3) is 3.28. The highest BCUT2D eigenvalue weighted by Crippen LogP contribution is 2.24. The SMILES string of the molecule is C/C=C/C(=O)CC1COC(C)(C)O1. The van der Waals surface area contributed by atoms with Gasteiger partial charge in [0.05, 0.1) is 12.7 Å². The molecule has 0 N–H and O–H groups in total. The van der Waals surface area contributed by atoms with Gasteiger partial charge in [-0.05, 0) is 26.8 Å². The molecule has 1 atom stereocenters. The van der Waals surface area contributed by atoms with Crippen molar-refractivity contribution in [1.82, 2.24) is 0 Å². The quantitative estimate of drug-likeness (QED) is 0.626. The van der Waals surface area contributed by atoms with Crippen LogP contribution in [0.2, 0.25) is 0 Å². The Morgan fingerprint density at radius 2 is 2.31 bits per heavy atom. The lowest BCUT2D eigenvalue weighted by atomic mass is 10.2. The summed E-state index contributed by atoms with van der Waals surface area (Å²) in [5, 5.41) is 0. The molecule has 74 valence electrons. The normalized spacial score (nSPS) is 26.8. The van der Waals surface area contributed by atoms with E-state index < -0.39 is 5.79 Å². The highest BCUT2D eigenvalue weighted by Gasteiger charge is 2.33. The fraction of sp³-hybridized carbons (Fsp3) is 0.700. The largest absolute Gasteiger partial charge is 0.348 e. The van der Waals surface area contributed by atoms with E-state index in [1.54, 1.807) is 12.2 Å². The van der Waals surface area contributed by atoms with E-state index in [-0.39, 0.29) is 11.9 Å². The van der Waals surface area contributed by atoms with Crippen LogP contribution in [0.15, 0.2) is 12.2 Å². The van der Waals surface area contributed by atoms with Gasteiger partial charge in [0, 0.05) is 6.42 Å². The Hall–Kier alpha value is -0.670. The summed E-state index contributed by atoms with van der Waals surface area (Å²) in [4.78, 5) is 11.2. The Balaban J connectivity index is 2.36. The second kappa shape index (κ2) is 4.03. The molecule has 0 bridgehead atoms. The summed E-state index contributed by atoms with van der Waals surface area (Å²) in [6.07, 6.45) is 3.63. The van der Waals surface area contributed by atoms with Crippen molar-refractivity contribution < 1.29 is 14.3 Å². The highest BCUT2D eigenvalue weighted by molar-refractivity contribution is 5.89. The average molecular weight is 184 g/mol. The fourth-order valence-electron chi connectivity index (χ4n) is 1.34. The molecule has 0 saturated carbocycles. The average Bonchev–Trinajstić information content (AvgIpc) is 2.30. The van der Waals surface area contributed by atoms with E-state index in [4.69, 9.17) is 9.47 Å². The van der Waals surface area contributed by atoms with Gasteiger partial charge in [-0.2, -0.15) is 0 Å². The molecule has 0 spiro atoms. The predicted molar refractivity (Wildman–Crippen MR) is 49.3 cm³/mol. The molecule has 1 fully saturated rings. The van der Waals surface area contributed by atoms with Crippen molar-refractivity contribution in [1.29, 1.82) is 0 Å². The maximum absolute atomic E-state index is 11.2. The first-order chi connectivity index (χ1) is 6.03. The molecule has 0 radical (unpaired) electrons. The van der Waals surface area contributed by atoms with Crippen LogP contribution in [0.1, 0.15) is 27.2 Å². The molecule has 0 aliphatic carbocycles. The molecule has 1 aliphatic heterocycles. The first-order valence-corrected chi connectivity index (χ1v) is 4.51. The lowest BCUT2D eigenvalue weighted by Gasteiger charge is -2.16. The van der Waals surface area contributed by atoms with Crippen LogP contribution in [-0.4, -0.2) is 24.3 Å². The van der Waals surface area contributed by atoms with E-state index in [0.717, 1.165) is 0 Å². The highest BCUT2D eigenvalue weighted by atomic mass is 16.7. The van der Waals surface area contributed by atoms with Crippen LogP contribution in [0.3, 0.4) is 0 Å². The van der Waals surface area contributed by atoms with Gasteiger partial charge in [-0.15, -0.1) is 0 Å². The van der Waals surface area contributed by atoms with E-state index >= 15 is 0 Å². The predicted octanol–water partition coefficient (Wildman–Crippen LogP) is 1.67. The van der Waals surface area contributed by atoms with Gasteiger partial charge in [-0.25, -0.2) is 0 Å². The molecule has 1 aliphatic rings. The molecule has 13 heavy (non-hydrogen) atoms. The standard InChI is InChI=1S/C10H16O3/c1-4-5-8(11)6-9-7-12-10(2,3)13-9/h4-5,9H,6-7H2,1-3H3/b5-4+. The zero-order chi connectivity index (χ0) is 9.90. The number of carbonyl (C=O) groups excluding carboxylic acids is 1. The molecule has 1 saturated heterocycles. The lowest BCUT2D eigenvalue weighted by molar-refractivity contribution is -0.141. The van der Waals surface area contributed by atoms with Crippen LogP contribution < -0.4 is 0 Å². The van der Waals surface area contributed by atoms with E-state index in [1.165, 1.54) is 0 Å². The second-order valence-corrected chi connectivity index (χ2v) is 3.62. The van der Waals surface area contributed by atoms with Gasteiger partial charge in [0.15, 0.2) is 11.6 Å². The van der Waals surface area contributed by atoms with Crippen LogP contribution >= 0.6 is 0 Å². The molecule has 1 unspecified atom stereocenters. The first kappa shape index (κ1) is 10.4. The summed E-state index contributed by atoms with van der Waals surface area (Å²) in [6.45, 7) is 6.05. The topological polar surface area (TPSA) is 35.5 Å². The van der Waals surface area contributed by atoms with Crippen LogP contribution in [0.5, 0.6) is 0 Å². The van der Waals surface area contributed by atoms with Crippen molar-refractivity contribution in [2.24, 2.45) is 0 Å². The van der Waals surface area contributed by atoms with E-state index in [9.17, 15) is 4.79 Å². The third-order valence-electron chi connectivity index (χ3n) is 1.85. The monoisotopic (exact) mass is 184 g/mol. The molecule has 0 aromatic carbocycles. The maximum Gasteiger partial charge on any atom is 0.163 e. The lowest BCUT2D eigenvalue weighted by Crippen LogP contribution is -2.22. The number of ether oxygens (including phenoxy) is 2. The van der Waals surface area contributed by atoms with Crippen molar-refractivity contribution in [3.63, 3.8) is 0 Å². The Labute approximate surface area is 78.7 Å². The molecular weight excluding hydrogens is 168 g/mol. The summed E-state index contributed by atoms with van der Waals surface area (Å²) in [5.41, 5.74) is 0. The zero-order valence-electron chi connectivity index (χ0n) is 8.37. The van der Waals surface area contributed by atoms with Gasteiger partial charge in [0.1, 0.15) is 0 Å². The summed E-state index contributed by atoms with van der Waals surface area (Å²) in [5.74, 6) is -0.435. The number of ketones is 1. The molecule has 1 rings (SSSR count). The van der Waals surface area contributed by atoms with E-state index in [0.29, 0.717) is 13.0 Å². The summed E-state index contributed by atoms with van der Waals surface area (Å²) in [6, 6.07) is 0. The van der Waals surface area contributed by atoms with Crippen LogP contribution in [0.25, 0.3) is 0 Å². The van der Waals surface area contributed by atoms with Crippen molar-refractivity contribution in [3.8, 4) is 0 Å². The van der Waals surface area contributed by atoms with Gasteiger partial charge >= 0.3 is 0 Å². The number of allylic oxidation sites excluding steroid dienone is 2. The molecular formula is C10H16O3. The van der Waals surface area contributed by atoms with Gasteiger partial charge < -0.3 is 9.47 Å². The second-order valence-electron chi connectivity index (χ2n) is 3.62. The van der Waals surface area contributed by atoms with Crippen molar-refractivity contribution in [3.05, 3.63) is 12.2 Å². The van der Waals surface area contributed by atoms with E-state index in [2.05, 4.69) is 0 Å². The maximum atomic E-state index is 11.2. The molecule has 3 heteroatoms. The molecule has 0 aromatic heterocycles. The van der Waals surface area contributed by atoms with Gasteiger partial charge in [-0.3, -0.25) is 4.79 Å². The molecule has 1 heterocycles. The van der Waals surface area contributed by atoms with Crippen molar-refractivity contribution in [2.45, 2.75) is 39.1 Å². The number of hydrogen-bond donors (Lipinski definition) is 0. The molecule has 0 amide bonds. The third-order valence-corrected chi connectivity index (χ3v) is 1.85. The smallest absolute Gasteiger partial charge is 0.163 e. The number of hydrogen-bond acceptors (Lipinski definition) is 3. The van der Waals surface area contributed by atoms with Gasteiger partial charge in [0.25, 0.3) is 0 Å². The first-order valence-electron chi connectivity index (χ1n) is 4.51. The minimum atomic E-state index is -0.527. The van der Waals surface area contributed by atoms with Crippen molar-refractivity contribution >= 4 is 5.78 Å². The zero-order valence-corrected chi connectivity index (χ0v) is 8.37. The van der Waals surface area contributed by atoms with E-state index in [1.807, 2.05) is 20.8 Å². The summed E-state index contributed by atoms with van der Waals surface area (Å²) >= 11 is 0. The Morgan fingerprint density at radius 1 is 1.62 bits per heavy atom. The van der Waals surface area contributed by atoms with Crippen molar-refractivity contribution in [2.75, 3.05) is 6.61 Å². The molecule has 3 nitrogen and oxygen atoms in total.